The van der Waals surface area contributed by atoms with Crippen LogP contribution in [0.5, 0.6) is 0 Å². The molecule has 5 rings (SSSR count). The SMILES string of the molecule is C[C@H]1CCCCN1C(=O)Cn1cc(/C=C2\SC(=S)N(Cc3ccco3)C2=O)c2cc(Br)ccc21. The summed E-state index contributed by atoms with van der Waals surface area (Å²) in [6.07, 6.45) is 8.70. The molecule has 0 N–H and O–H groups in total. The third-order valence-corrected chi connectivity index (χ3v) is 8.23. The lowest BCUT2D eigenvalue weighted by Gasteiger charge is -2.33. The zero-order chi connectivity index (χ0) is 23.8. The van der Waals surface area contributed by atoms with Crippen molar-refractivity contribution in [3.63, 3.8) is 0 Å². The van der Waals surface area contributed by atoms with Gasteiger partial charge >= 0.3 is 0 Å². The number of likely N-dealkylation sites (tertiary alicyclic amines) is 1. The van der Waals surface area contributed by atoms with Crippen LogP contribution in [0, 0.1) is 0 Å². The largest absolute Gasteiger partial charge is 0.467 e. The lowest BCUT2D eigenvalue weighted by Crippen LogP contribution is -2.43. The molecular weight excluding hydrogens is 534 g/mol. The number of piperidine rings is 1. The summed E-state index contributed by atoms with van der Waals surface area (Å²) in [6.45, 7) is 3.52. The molecule has 2 aromatic heterocycles. The second-order valence-corrected chi connectivity index (χ2v) is 11.2. The Morgan fingerprint density at radius 2 is 2.18 bits per heavy atom. The van der Waals surface area contributed by atoms with Crippen LogP contribution in [0.15, 0.2) is 56.6 Å². The molecule has 2 amide bonds. The van der Waals surface area contributed by atoms with E-state index in [1.165, 1.54) is 18.2 Å². The van der Waals surface area contributed by atoms with E-state index < -0.39 is 0 Å². The Balaban J connectivity index is 1.45. The van der Waals surface area contributed by atoms with Gasteiger partial charge in [0.2, 0.25) is 5.91 Å². The highest BCUT2D eigenvalue weighted by Gasteiger charge is 2.33. The summed E-state index contributed by atoms with van der Waals surface area (Å²) in [6, 6.07) is 9.89. The number of hydrogen-bond acceptors (Lipinski definition) is 5. The molecule has 0 saturated carbocycles. The van der Waals surface area contributed by atoms with Gasteiger partial charge in [-0.15, -0.1) is 0 Å². The number of aromatic nitrogens is 1. The Hall–Kier alpha value is -2.36. The number of rotatable bonds is 5. The normalized spacial score (nSPS) is 20.2. The zero-order valence-corrected chi connectivity index (χ0v) is 21.9. The molecule has 2 fully saturated rings. The fraction of sp³-hybridized carbons (Fsp3) is 0.320. The molecule has 1 atom stereocenters. The number of fused-ring (bicyclic) bond motifs is 1. The Bertz CT molecular complexity index is 1300. The molecule has 1 aromatic carbocycles. The first-order valence-electron chi connectivity index (χ1n) is 11.3. The van der Waals surface area contributed by atoms with Crippen LogP contribution in [0.4, 0.5) is 0 Å². The van der Waals surface area contributed by atoms with Crippen LogP contribution >= 0.6 is 39.9 Å². The van der Waals surface area contributed by atoms with E-state index in [0.29, 0.717) is 21.5 Å². The van der Waals surface area contributed by atoms with Crippen LogP contribution in [0.2, 0.25) is 0 Å². The van der Waals surface area contributed by atoms with Crippen LogP contribution in [-0.4, -0.2) is 43.1 Å². The van der Waals surface area contributed by atoms with E-state index in [0.717, 1.165) is 40.3 Å². The van der Waals surface area contributed by atoms with Gasteiger partial charge in [0, 0.05) is 39.7 Å². The molecular formula is C25H24BrN3O3S2. The van der Waals surface area contributed by atoms with Gasteiger partial charge in [0.15, 0.2) is 0 Å². The number of halogens is 1. The van der Waals surface area contributed by atoms with Crippen LogP contribution in [0.3, 0.4) is 0 Å². The first-order chi connectivity index (χ1) is 16.4. The van der Waals surface area contributed by atoms with Crippen molar-refractivity contribution in [3.05, 3.63) is 63.5 Å². The molecule has 0 spiro atoms. The van der Waals surface area contributed by atoms with Gasteiger partial charge in [-0.05, 0) is 62.6 Å². The van der Waals surface area contributed by atoms with Crippen molar-refractivity contribution in [1.29, 1.82) is 0 Å². The maximum Gasteiger partial charge on any atom is 0.266 e. The molecule has 2 aliphatic rings. The minimum Gasteiger partial charge on any atom is -0.467 e. The second kappa shape index (κ2) is 9.71. The molecule has 4 heterocycles. The topological polar surface area (TPSA) is 58.7 Å². The van der Waals surface area contributed by atoms with Gasteiger partial charge < -0.3 is 13.9 Å². The van der Waals surface area contributed by atoms with Crippen LogP contribution < -0.4 is 0 Å². The summed E-state index contributed by atoms with van der Waals surface area (Å²) in [7, 11) is 0. The van der Waals surface area contributed by atoms with Gasteiger partial charge in [-0.2, -0.15) is 0 Å². The quantitative estimate of drug-likeness (QED) is 0.293. The summed E-state index contributed by atoms with van der Waals surface area (Å²) in [4.78, 5) is 30.3. The van der Waals surface area contributed by atoms with E-state index in [1.54, 1.807) is 17.2 Å². The number of thiocarbonyl (C=S) groups is 1. The number of benzene rings is 1. The standard InChI is InChI=1S/C25H24BrN3O3S2/c1-16-5-2-3-9-28(16)23(30)15-27-13-17(20-12-18(26)7-8-21(20)27)11-22-24(31)29(25(33)34-22)14-19-6-4-10-32-19/h4,6-8,10-13,16H,2-3,5,9,14-15H2,1H3/b22-11-/t16-/m0/s1. The summed E-state index contributed by atoms with van der Waals surface area (Å²) >= 11 is 10.3. The number of carbonyl (C=O) groups excluding carboxylic acids is 2. The molecule has 9 heteroatoms. The minimum absolute atomic E-state index is 0.128. The number of amides is 2. The average molecular weight is 559 g/mol. The molecule has 0 unspecified atom stereocenters. The number of furan rings is 1. The molecule has 2 saturated heterocycles. The lowest BCUT2D eigenvalue weighted by molar-refractivity contribution is -0.135. The molecule has 176 valence electrons. The summed E-state index contributed by atoms with van der Waals surface area (Å²) in [5.74, 6) is 0.674. The minimum atomic E-state index is -0.138. The Morgan fingerprint density at radius 1 is 1.32 bits per heavy atom. The summed E-state index contributed by atoms with van der Waals surface area (Å²) < 4.78 is 8.82. The third-order valence-electron chi connectivity index (χ3n) is 6.36. The van der Waals surface area contributed by atoms with E-state index in [1.807, 2.05) is 46.0 Å². The van der Waals surface area contributed by atoms with Crippen LogP contribution in [0.25, 0.3) is 17.0 Å². The van der Waals surface area contributed by atoms with Crippen LogP contribution in [0.1, 0.15) is 37.5 Å². The smallest absolute Gasteiger partial charge is 0.266 e. The van der Waals surface area contributed by atoms with Crippen molar-refractivity contribution in [2.45, 2.75) is 45.3 Å². The molecule has 0 radical (unpaired) electrons. The monoisotopic (exact) mass is 557 g/mol. The highest BCUT2D eigenvalue weighted by molar-refractivity contribution is 9.10. The highest BCUT2D eigenvalue weighted by atomic mass is 79.9. The summed E-state index contributed by atoms with van der Waals surface area (Å²) in [5, 5.41) is 0.977. The predicted molar refractivity (Wildman–Crippen MR) is 142 cm³/mol. The number of thioether (sulfide) groups is 1. The number of nitrogens with zero attached hydrogens (tertiary/aromatic N) is 3. The van der Waals surface area contributed by atoms with Crippen molar-refractivity contribution in [2.24, 2.45) is 0 Å². The summed E-state index contributed by atoms with van der Waals surface area (Å²) in [5.41, 5.74) is 1.84. The fourth-order valence-electron chi connectivity index (χ4n) is 4.58. The number of carbonyl (C=O) groups is 2. The highest BCUT2D eigenvalue weighted by Crippen LogP contribution is 2.36. The molecule has 2 aliphatic heterocycles. The van der Waals surface area contributed by atoms with Gasteiger partial charge in [0.1, 0.15) is 16.6 Å². The Labute approximate surface area is 216 Å². The molecule has 3 aromatic rings. The van der Waals surface area contributed by atoms with Gasteiger partial charge in [0.25, 0.3) is 5.91 Å². The predicted octanol–water partition coefficient (Wildman–Crippen LogP) is 5.80. The van der Waals surface area contributed by atoms with E-state index >= 15 is 0 Å². The fourth-order valence-corrected chi connectivity index (χ4v) is 6.19. The van der Waals surface area contributed by atoms with Crippen LogP contribution in [-0.2, 0) is 22.7 Å². The first-order valence-corrected chi connectivity index (χ1v) is 13.3. The van der Waals surface area contributed by atoms with Crippen molar-refractivity contribution in [2.75, 3.05) is 6.54 Å². The van der Waals surface area contributed by atoms with Gasteiger partial charge in [-0.25, -0.2) is 0 Å². The Kier molecular flexibility index (Phi) is 6.68. The molecule has 0 bridgehead atoms. The maximum atomic E-state index is 13.1. The van der Waals surface area contributed by atoms with E-state index in [9.17, 15) is 9.59 Å². The zero-order valence-electron chi connectivity index (χ0n) is 18.7. The Morgan fingerprint density at radius 3 is 2.94 bits per heavy atom. The van der Waals surface area contributed by atoms with Crippen molar-refractivity contribution in [1.82, 2.24) is 14.4 Å². The third kappa shape index (κ3) is 4.61. The van der Waals surface area contributed by atoms with Gasteiger partial charge in [0.05, 0.1) is 17.7 Å². The van der Waals surface area contributed by atoms with Gasteiger partial charge in [-0.1, -0.05) is 39.9 Å². The molecule has 0 aliphatic carbocycles. The van der Waals surface area contributed by atoms with Crippen molar-refractivity contribution >= 4 is 73.0 Å². The van der Waals surface area contributed by atoms with Gasteiger partial charge in [-0.3, -0.25) is 14.5 Å². The maximum absolute atomic E-state index is 13.1. The van der Waals surface area contributed by atoms with E-state index in [-0.39, 0.29) is 24.4 Å². The lowest BCUT2D eigenvalue weighted by atomic mass is 10.0. The van der Waals surface area contributed by atoms with Crippen molar-refractivity contribution < 1.29 is 14.0 Å². The van der Waals surface area contributed by atoms with Crippen molar-refractivity contribution in [3.8, 4) is 0 Å². The van der Waals surface area contributed by atoms with E-state index in [4.69, 9.17) is 16.6 Å². The molecule has 6 nitrogen and oxygen atoms in total. The van der Waals surface area contributed by atoms with E-state index in [2.05, 4.69) is 22.9 Å². The molecule has 34 heavy (non-hydrogen) atoms. The number of hydrogen-bond donors (Lipinski definition) is 0. The average Bonchev–Trinajstić information content (AvgIpc) is 3.50. The second-order valence-electron chi connectivity index (χ2n) is 8.65. The first kappa shape index (κ1) is 23.4.